The molecule has 3 N–H and O–H groups in total. The zero-order chi connectivity index (χ0) is 15.3. The second-order valence-electron chi connectivity index (χ2n) is 4.39. The van der Waals surface area contributed by atoms with Gasteiger partial charge in [0, 0.05) is 13.7 Å². The maximum absolute atomic E-state index is 12.2. The highest BCUT2D eigenvalue weighted by Gasteiger charge is 2.26. The number of carbonyl (C=O) groups excluding carboxylic acids is 1. The Morgan fingerprint density at radius 1 is 1.45 bits per heavy atom. The van der Waals surface area contributed by atoms with E-state index in [0.29, 0.717) is 24.5 Å². The average Bonchev–Trinajstić information content (AvgIpc) is 2.69. The first-order chi connectivity index (χ1) is 9.29. The minimum atomic E-state index is -3.79. The maximum Gasteiger partial charge on any atom is 0.244 e. The number of H-pyrrole nitrogens is 1. The van der Waals surface area contributed by atoms with Crippen molar-refractivity contribution in [2.45, 2.75) is 31.7 Å². The second-order valence-corrected chi connectivity index (χ2v) is 6.04. The van der Waals surface area contributed by atoms with E-state index in [2.05, 4.69) is 20.2 Å². The lowest BCUT2D eigenvalue weighted by molar-refractivity contribution is -0.122. The van der Waals surface area contributed by atoms with Crippen LogP contribution in [-0.2, 0) is 19.6 Å². The summed E-state index contributed by atoms with van der Waals surface area (Å²) in [5.41, 5.74) is 0.795. The van der Waals surface area contributed by atoms with Crippen molar-refractivity contribution in [3.8, 4) is 0 Å². The Bertz CT molecular complexity index is 547. The predicted molar refractivity (Wildman–Crippen MR) is 72.7 cm³/mol. The van der Waals surface area contributed by atoms with E-state index in [4.69, 9.17) is 4.74 Å². The Kier molecular flexibility index (Phi) is 5.66. The molecule has 9 heteroatoms. The molecule has 0 bridgehead atoms. The van der Waals surface area contributed by atoms with Crippen molar-refractivity contribution in [2.24, 2.45) is 0 Å². The number of amides is 1. The minimum Gasteiger partial charge on any atom is -0.383 e. The van der Waals surface area contributed by atoms with Gasteiger partial charge in [0.1, 0.15) is 4.90 Å². The van der Waals surface area contributed by atoms with Gasteiger partial charge in [0.05, 0.1) is 24.0 Å². The van der Waals surface area contributed by atoms with E-state index in [0.717, 1.165) is 0 Å². The summed E-state index contributed by atoms with van der Waals surface area (Å²) in [4.78, 5) is 11.8. The quantitative estimate of drug-likeness (QED) is 0.585. The number of hydrogen-bond acceptors (Lipinski definition) is 5. The van der Waals surface area contributed by atoms with Crippen molar-refractivity contribution in [1.82, 2.24) is 20.2 Å². The highest BCUT2D eigenvalue weighted by molar-refractivity contribution is 7.89. The summed E-state index contributed by atoms with van der Waals surface area (Å²) >= 11 is 0. The van der Waals surface area contributed by atoms with E-state index >= 15 is 0 Å². The van der Waals surface area contributed by atoms with Gasteiger partial charge in [-0.15, -0.1) is 0 Å². The fourth-order valence-corrected chi connectivity index (χ4v) is 3.28. The Morgan fingerprint density at radius 3 is 2.60 bits per heavy atom. The number of methoxy groups -OCH3 is 1. The third-order valence-corrected chi connectivity index (χ3v) is 4.46. The molecule has 1 aromatic heterocycles. The number of carbonyl (C=O) groups is 1. The van der Waals surface area contributed by atoms with Gasteiger partial charge in [-0.3, -0.25) is 9.89 Å². The number of nitrogens with one attached hydrogen (secondary N) is 3. The van der Waals surface area contributed by atoms with E-state index < -0.39 is 22.0 Å². The third kappa shape index (κ3) is 4.02. The largest absolute Gasteiger partial charge is 0.383 e. The normalized spacial score (nSPS) is 13.2. The highest BCUT2D eigenvalue weighted by Crippen LogP contribution is 2.16. The van der Waals surface area contributed by atoms with Gasteiger partial charge in [0.2, 0.25) is 15.9 Å². The standard InChI is InChI=1S/C11H20N4O4S/c1-7-10(8(2)14-13-7)20(17,18)15-9(3)11(16)12-5-6-19-4/h9,15H,5-6H2,1-4H3,(H,12,16)(H,13,14). The highest BCUT2D eigenvalue weighted by atomic mass is 32.2. The fraction of sp³-hybridized carbons (Fsp3) is 0.636. The zero-order valence-electron chi connectivity index (χ0n) is 12.0. The molecule has 1 rings (SSSR count). The van der Waals surface area contributed by atoms with Crippen LogP contribution in [-0.4, -0.2) is 50.8 Å². The molecule has 0 aliphatic rings. The Morgan fingerprint density at radius 2 is 2.10 bits per heavy atom. The van der Waals surface area contributed by atoms with Crippen molar-refractivity contribution < 1.29 is 17.9 Å². The van der Waals surface area contributed by atoms with Crippen LogP contribution in [0.5, 0.6) is 0 Å². The summed E-state index contributed by atoms with van der Waals surface area (Å²) in [5.74, 6) is -0.413. The zero-order valence-corrected chi connectivity index (χ0v) is 12.8. The van der Waals surface area contributed by atoms with Crippen molar-refractivity contribution in [2.75, 3.05) is 20.3 Å². The van der Waals surface area contributed by atoms with Gasteiger partial charge in [-0.1, -0.05) is 0 Å². The first-order valence-electron chi connectivity index (χ1n) is 6.10. The van der Waals surface area contributed by atoms with Crippen LogP contribution < -0.4 is 10.0 Å². The van der Waals surface area contributed by atoms with E-state index in [-0.39, 0.29) is 4.90 Å². The van der Waals surface area contributed by atoms with Gasteiger partial charge < -0.3 is 10.1 Å². The van der Waals surface area contributed by atoms with Crippen molar-refractivity contribution in [3.05, 3.63) is 11.4 Å². The summed E-state index contributed by atoms with van der Waals surface area (Å²) in [6.45, 7) is 5.36. The average molecular weight is 304 g/mol. The Balaban J connectivity index is 2.74. The summed E-state index contributed by atoms with van der Waals surface area (Å²) in [6.07, 6.45) is 0. The van der Waals surface area contributed by atoms with Gasteiger partial charge in [-0.2, -0.15) is 9.82 Å². The lowest BCUT2D eigenvalue weighted by Gasteiger charge is -2.14. The molecule has 1 amide bonds. The molecule has 0 aliphatic carbocycles. The summed E-state index contributed by atoms with van der Waals surface area (Å²) < 4.78 is 31.5. The van der Waals surface area contributed by atoms with E-state index in [1.165, 1.54) is 14.0 Å². The molecule has 8 nitrogen and oxygen atoms in total. The number of aromatic amines is 1. The molecule has 0 fully saturated rings. The van der Waals surface area contributed by atoms with E-state index in [1.807, 2.05) is 0 Å². The molecule has 1 atom stereocenters. The molecule has 0 saturated heterocycles. The van der Waals surface area contributed by atoms with Crippen LogP contribution in [0.1, 0.15) is 18.3 Å². The van der Waals surface area contributed by atoms with Crippen LogP contribution >= 0.6 is 0 Å². The molecule has 0 radical (unpaired) electrons. The summed E-state index contributed by atoms with van der Waals surface area (Å²) in [6, 6.07) is -0.884. The molecule has 114 valence electrons. The van der Waals surface area contributed by atoms with Crippen molar-refractivity contribution in [3.63, 3.8) is 0 Å². The molecule has 0 saturated carbocycles. The monoisotopic (exact) mass is 304 g/mol. The molecular weight excluding hydrogens is 284 g/mol. The molecule has 0 aromatic carbocycles. The first kappa shape index (κ1) is 16.6. The van der Waals surface area contributed by atoms with Crippen LogP contribution in [0.3, 0.4) is 0 Å². The molecule has 0 aliphatic heterocycles. The SMILES string of the molecule is COCCNC(=O)C(C)NS(=O)(=O)c1c(C)n[nH]c1C. The van der Waals surface area contributed by atoms with E-state index in [9.17, 15) is 13.2 Å². The van der Waals surface area contributed by atoms with Crippen LogP contribution in [0.25, 0.3) is 0 Å². The Labute approximate surface area is 118 Å². The van der Waals surface area contributed by atoms with Gasteiger partial charge >= 0.3 is 0 Å². The van der Waals surface area contributed by atoms with Crippen molar-refractivity contribution in [1.29, 1.82) is 0 Å². The molecule has 20 heavy (non-hydrogen) atoms. The molecule has 1 heterocycles. The van der Waals surface area contributed by atoms with Crippen LogP contribution in [0.15, 0.2) is 4.90 Å². The topological polar surface area (TPSA) is 113 Å². The number of hydrogen-bond donors (Lipinski definition) is 3. The van der Waals surface area contributed by atoms with Crippen LogP contribution in [0.4, 0.5) is 0 Å². The lowest BCUT2D eigenvalue weighted by Crippen LogP contribution is -2.45. The number of aryl methyl sites for hydroxylation is 2. The first-order valence-corrected chi connectivity index (χ1v) is 7.58. The fourth-order valence-electron chi connectivity index (χ4n) is 1.71. The second kappa shape index (κ2) is 6.82. The number of rotatable bonds is 7. The molecule has 1 unspecified atom stereocenters. The maximum atomic E-state index is 12.2. The molecular formula is C11H20N4O4S. The summed E-state index contributed by atoms with van der Waals surface area (Å²) in [5, 5.41) is 9.00. The van der Waals surface area contributed by atoms with Gasteiger partial charge in [-0.05, 0) is 20.8 Å². The number of aromatic nitrogens is 2. The van der Waals surface area contributed by atoms with Gasteiger partial charge in [0.25, 0.3) is 0 Å². The number of sulfonamides is 1. The van der Waals surface area contributed by atoms with Gasteiger partial charge in [-0.25, -0.2) is 8.42 Å². The predicted octanol–water partition coefficient (Wildman–Crippen LogP) is -0.544. The van der Waals surface area contributed by atoms with Gasteiger partial charge in [0.15, 0.2) is 0 Å². The van der Waals surface area contributed by atoms with E-state index in [1.54, 1.807) is 13.8 Å². The minimum absolute atomic E-state index is 0.0778. The molecule has 0 spiro atoms. The lowest BCUT2D eigenvalue weighted by atomic mass is 10.3. The number of ether oxygens (including phenoxy) is 1. The van der Waals surface area contributed by atoms with Crippen LogP contribution in [0.2, 0.25) is 0 Å². The Hall–Kier alpha value is -1.45. The number of nitrogens with zero attached hydrogens (tertiary/aromatic N) is 1. The van der Waals surface area contributed by atoms with Crippen LogP contribution in [0, 0.1) is 13.8 Å². The van der Waals surface area contributed by atoms with Crippen molar-refractivity contribution >= 4 is 15.9 Å². The molecule has 1 aromatic rings. The third-order valence-electron chi connectivity index (χ3n) is 2.66. The summed E-state index contributed by atoms with van der Waals surface area (Å²) in [7, 11) is -2.27. The smallest absolute Gasteiger partial charge is 0.244 e.